The molecule has 0 unspecified atom stereocenters. The Bertz CT molecular complexity index is 641. The number of imide groups is 1. The van der Waals surface area contributed by atoms with Crippen LogP contribution in [0.2, 0.25) is 0 Å². The SMILES string of the molecule is CCNC(=O)[C@H](C)NC(=O)[C@@H](NC(=O)CCCCCN1C(=O)C=CC1=O)C(C)C. The summed E-state index contributed by atoms with van der Waals surface area (Å²) in [5.41, 5.74) is 0. The molecule has 0 saturated carbocycles. The van der Waals surface area contributed by atoms with Gasteiger partial charge in [0.1, 0.15) is 12.1 Å². The molecule has 0 aromatic rings. The molecule has 0 aromatic carbocycles. The fourth-order valence-electron chi connectivity index (χ4n) is 2.86. The van der Waals surface area contributed by atoms with Gasteiger partial charge in [-0.1, -0.05) is 20.3 Å². The smallest absolute Gasteiger partial charge is 0.253 e. The van der Waals surface area contributed by atoms with Gasteiger partial charge in [-0.15, -0.1) is 0 Å². The molecular weight excluding hydrogens is 376 g/mol. The lowest BCUT2D eigenvalue weighted by molar-refractivity contribution is -0.137. The van der Waals surface area contributed by atoms with Gasteiger partial charge in [-0.2, -0.15) is 0 Å². The summed E-state index contributed by atoms with van der Waals surface area (Å²) in [4.78, 5) is 60.5. The first-order valence-corrected chi connectivity index (χ1v) is 10.1. The Morgan fingerprint density at radius 3 is 2.10 bits per heavy atom. The van der Waals surface area contributed by atoms with Crippen molar-refractivity contribution in [2.45, 2.75) is 65.5 Å². The van der Waals surface area contributed by atoms with E-state index < -0.39 is 18.0 Å². The van der Waals surface area contributed by atoms with Crippen LogP contribution >= 0.6 is 0 Å². The second-order valence-electron chi connectivity index (χ2n) is 7.39. The van der Waals surface area contributed by atoms with E-state index in [9.17, 15) is 24.0 Å². The number of likely N-dealkylation sites (N-methyl/N-ethyl adjacent to an activating group) is 1. The van der Waals surface area contributed by atoms with Gasteiger partial charge in [0.2, 0.25) is 17.7 Å². The van der Waals surface area contributed by atoms with Crippen LogP contribution in [0.25, 0.3) is 0 Å². The Balaban J connectivity index is 2.36. The normalized spacial score (nSPS) is 15.4. The molecule has 0 saturated heterocycles. The van der Waals surface area contributed by atoms with E-state index in [1.54, 1.807) is 13.8 Å². The molecule has 29 heavy (non-hydrogen) atoms. The highest BCUT2D eigenvalue weighted by Gasteiger charge is 2.27. The van der Waals surface area contributed by atoms with Crippen molar-refractivity contribution >= 4 is 29.5 Å². The van der Waals surface area contributed by atoms with Gasteiger partial charge in [0.15, 0.2) is 0 Å². The van der Waals surface area contributed by atoms with Crippen LogP contribution in [0.1, 0.15) is 53.4 Å². The first-order chi connectivity index (χ1) is 13.7. The van der Waals surface area contributed by atoms with Gasteiger partial charge in [-0.25, -0.2) is 0 Å². The van der Waals surface area contributed by atoms with Crippen LogP contribution in [-0.4, -0.2) is 59.6 Å². The van der Waals surface area contributed by atoms with E-state index in [-0.39, 0.29) is 36.0 Å². The molecule has 0 fully saturated rings. The number of amides is 5. The maximum Gasteiger partial charge on any atom is 0.253 e. The zero-order valence-electron chi connectivity index (χ0n) is 17.6. The summed E-state index contributed by atoms with van der Waals surface area (Å²) in [5, 5.41) is 7.99. The minimum absolute atomic E-state index is 0.139. The lowest BCUT2D eigenvalue weighted by atomic mass is 10.0. The molecule has 0 aliphatic carbocycles. The molecule has 5 amide bonds. The Morgan fingerprint density at radius 1 is 0.931 bits per heavy atom. The minimum atomic E-state index is -0.731. The summed E-state index contributed by atoms with van der Waals surface area (Å²) in [6.07, 6.45) is 4.61. The molecule has 9 heteroatoms. The molecule has 2 atom stereocenters. The zero-order valence-corrected chi connectivity index (χ0v) is 17.6. The monoisotopic (exact) mass is 408 g/mol. The third kappa shape index (κ3) is 8.05. The van der Waals surface area contributed by atoms with Crippen molar-refractivity contribution in [2.75, 3.05) is 13.1 Å². The Kier molecular flexibility index (Phi) is 10.1. The topological polar surface area (TPSA) is 125 Å². The number of nitrogens with zero attached hydrogens (tertiary/aromatic N) is 1. The molecule has 162 valence electrons. The van der Waals surface area contributed by atoms with Gasteiger partial charge in [-0.05, 0) is 32.6 Å². The van der Waals surface area contributed by atoms with Gasteiger partial charge < -0.3 is 16.0 Å². The number of hydrogen-bond donors (Lipinski definition) is 3. The van der Waals surface area contributed by atoms with Gasteiger partial charge in [0.05, 0.1) is 0 Å². The maximum atomic E-state index is 12.4. The summed E-state index contributed by atoms with van der Waals surface area (Å²) < 4.78 is 0. The van der Waals surface area contributed by atoms with Crippen molar-refractivity contribution < 1.29 is 24.0 Å². The highest BCUT2D eigenvalue weighted by molar-refractivity contribution is 6.12. The summed E-state index contributed by atoms with van der Waals surface area (Å²) >= 11 is 0. The van der Waals surface area contributed by atoms with Crippen LogP contribution in [0.5, 0.6) is 0 Å². The summed E-state index contributed by atoms with van der Waals surface area (Å²) in [7, 11) is 0. The van der Waals surface area contributed by atoms with Crippen molar-refractivity contribution in [2.24, 2.45) is 5.92 Å². The first-order valence-electron chi connectivity index (χ1n) is 10.1. The van der Waals surface area contributed by atoms with Gasteiger partial charge in [0, 0.05) is 31.7 Å². The van der Waals surface area contributed by atoms with Crippen molar-refractivity contribution in [3.63, 3.8) is 0 Å². The van der Waals surface area contributed by atoms with Crippen LogP contribution in [-0.2, 0) is 24.0 Å². The number of carbonyl (C=O) groups excluding carboxylic acids is 5. The van der Waals surface area contributed by atoms with E-state index in [1.165, 1.54) is 17.1 Å². The molecule has 1 heterocycles. The number of rotatable bonds is 12. The number of unbranched alkanes of at least 4 members (excludes halogenated alkanes) is 2. The number of nitrogens with one attached hydrogen (secondary N) is 3. The predicted molar refractivity (Wildman–Crippen MR) is 107 cm³/mol. The molecular formula is C20H32N4O5. The van der Waals surface area contributed by atoms with Crippen LogP contribution in [0, 0.1) is 5.92 Å². The molecule has 0 radical (unpaired) electrons. The first kappa shape index (κ1) is 24.3. The molecule has 0 spiro atoms. The average molecular weight is 408 g/mol. The van der Waals surface area contributed by atoms with Crippen LogP contribution in [0.4, 0.5) is 0 Å². The van der Waals surface area contributed by atoms with E-state index in [2.05, 4.69) is 16.0 Å². The highest BCUT2D eigenvalue weighted by Crippen LogP contribution is 2.09. The van der Waals surface area contributed by atoms with Crippen molar-refractivity contribution in [1.82, 2.24) is 20.9 Å². The second-order valence-corrected chi connectivity index (χ2v) is 7.39. The number of hydrogen-bond acceptors (Lipinski definition) is 5. The molecule has 9 nitrogen and oxygen atoms in total. The third-order valence-corrected chi connectivity index (χ3v) is 4.55. The van der Waals surface area contributed by atoms with Gasteiger partial charge in [-0.3, -0.25) is 28.9 Å². The van der Waals surface area contributed by atoms with E-state index in [0.717, 1.165) is 0 Å². The van der Waals surface area contributed by atoms with Crippen LogP contribution in [0.3, 0.4) is 0 Å². The summed E-state index contributed by atoms with van der Waals surface area (Å²) in [5.74, 6) is -1.68. The second kappa shape index (κ2) is 12.0. The molecule has 1 aliphatic heterocycles. The Labute approximate surface area is 171 Å². The van der Waals surface area contributed by atoms with E-state index in [0.29, 0.717) is 32.4 Å². The predicted octanol–water partition coefficient (Wildman–Crippen LogP) is 0.253. The van der Waals surface area contributed by atoms with E-state index >= 15 is 0 Å². The zero-order chi connectivity index (χ0) is 22.0. The summed E-state index contributed by atoms with van der Waals surface area (Å²) in [6.45, 7) is 7.83. The lowest BCUT2D eigenvalue weighted by Crippen LogP contribution is -2.54. The quantitative estimate of drug-likeness (QED) is 0.315. The maximum absolute atomic E-state index is 12.4. The Morgan fingerprint density at radius 2 is 1.55 bits per heavy atom. The van der Waals surface area contributed by atoms with Crippen molar-refractivity contribution in [3.8, 4) is 0 Å². The molecule has 0 aromatic heterocycles. The molecule has 0 bridgehead atoms. The Hall–Kier alpha value is -2.71. The largest absolute Gasteiger partial charge is 0.355 e. The van der Waals surface area contributed by atoms with Crippen LogP contribution in [0.15, 0.2) is 12.2 Å². The lowest BCUT2D eigenvalue weighted by Gasteiger charge is -2.23. The fourth-order valence-corrected chi connectivity index (χ4v) is 2.86. The number of carbonyl (C=O) groups is 5. The van der Waals surface area contributed by atoms with Crippen molar-refractivity contribution in [1.29, 1.82) is 0 Å². The average Bonchev–Trinajstić information content (AvgIpc) is 2.97. The molecule has 1 rings (SSSR count). The molecule has 1 aliphatic rings. The van der Waals surface area contributed by atoms with E-state index in [1.807, 2.05) is 13.8 Å². The third-order valence-electron chi connectivity index (χ3n) is 4.55. The minimum Gasteiger partial charge on any atom is -0.355 e. The van der Waals surface area contributed by atoms with Crippen molar-refractivity contribution in [3.05, 3.63) is 12.2 Å². The van der Waals surface area contributed by atoms with Crippen LogP contribution < -0.4 is 16.0 Å². The highest BCUT2D eigenvalue weighted by atomic mass is 16.2. The van der Waals surface area contributed by atoms with Gasteiger partial charge >= 0.3 is 0 Å². The fraction of sp³-hybridized carbons (Fsp3) is 0.650. The molecule has 3 N–H and O–H groups in total. The van der Waals surface area contributed by atoms with Gasteiger partial charge in [0.25, 0.3) is 11.8 Å². The standard InChI is InChI=1S/C20H32N4O5/c1-5-21-19(28)14(4)22-20(29)18(13(2)3)23-15(25)9-7-6-8-12-24-16(26)10-11-17(24)27/h10-11,13-14,18H,5-9,12H2,1-4H3,(H,21,28)(H,22,29)(H,23,25)/t14-,18-/m0/s1. The van der Waals surface area contributed by atoms with E-state index in [4.69, 9.17) is 0 Å². The summed E-state index contributed by atoms with van der Waals surface area (Å²) in [6, 6.07) is -1.42.